The van der Waals surface area contributed by atoms with Gasteiger partial charge in [-0.3, -0.25) is 4.79 Å². The van der Waals surface area contributed by atoms with Crippen LogP contribution in [0.3, 0.4) is 0 Å². The molecule has 2 rings (SSSR count). The van der Waals surface area contributed by atoms with E-state index in [9.17, 15) is 13.6 Å². The van der Waals surface area contributed by atoms with Crippen LogP contribution in [-0.2, 0) is 11.3 Å². The number of nitrogens with zero attached hydrogens (tertiary/aromatic N) is 2. The van der Waals surface area contributed by atoms with Crippen molar-refractivity contribution in [3.8, 4) is 0 Å². The Bertz CT molecular complexity index is 624. The van der Waals surface area contributed by atoms with Gasteiger partial charge in [0.15, 0.2) is 11.6 Å². The van der Waals surface area contributed by atoms with E-state index < -0.39 is 22.9 Å². The number of fused-ring (bicyclic) bond motifs is 1. The first-order valence-corrected chi connectivity index (χ1v) is 5.62. The molecule has 0 aliphatic heterocycles. The summed E-state index contributed by atoms with van der Waals surface area (Å²) in [6, 6.07) is 2.30. The molecule has 4 nitrogen and oxygen atoms in total. The molecule has 0 saturated heterocycles. The lowest BCUT2D eigenvalue weighted by Crippen LogP contribution is -2.20. The highest BCUT2D eigenvalue weighted by atomic mass is 35.5. The number of rotatable bonds is 3. The van der Waals surface area contributed by atoms with Crippen molar-refractivity contribution < 1.29 is 13.6 Å². The molecular formula is C11H10ClF2N3O. The molecule has 1 amide bonds. The van der Waals surface area contributed by atoms with Crippen LogP contribution in [0.1, 0.15) is 18.1 Å². The smallest absolute Gasteiger partial charge is 0.237 e. The average Bonchev–Trinajstić information content (AvgIpc) is 2.62. The predicted octanol–water partition coefficient (Wildman–Crippen LogP) is 2.10. The summed E-state index contributed by atoms with van der Waals surface area (Å²) in [6.07, 6.45) is 0. The largest absolute Gasteiger partial charge is 0.368 e. The maximum Gasteiger partial charge on any atom is 0.237 e. The third kappa shape index (κ3) is 2.03. The molecule has 7 heteroatoms. The van der Waals surface area contributed by atoms with E-state index in [2.05, 4.69) is 4.98 Å². The quantitative estimate of drug-likeness (QED) is 0.871. The van der Waals surface area contributed by atoms with Crippen LogP contribution in [-0.4, -0.2) is 15.5 Å². The number of carbonyl (C=O) groups excluding carboxylic acids is 1. The molecule has 1 unspecified atom stereocenters. The van der Waals surface area contributed by atoms with Crippen molar-refractivity contribution in [1.82, 2.24) is 9.55 Å². The fraction of sp³-hybridized carbons (Fsp3) is 0.273. The number of hydrogen-bond donors (Lipinski definition) is 1. The number of halogens is 3. The second-order valence-electron chi connectivity index (χ2n) is 3.87. The van der Waals surface area contributed by atoms with Gasteiger partial charge in [-0.1, -0.05) is 0 Å². The van der Waals surface area contributed by atoms with Crippen molar-refractivity contribution in [3.63, 3.8) is 0 Å². The Hall–Kier alpha value is -1.69. The molecule has 0 radical (unpaired) electrons. The first kappa shape index (κ1) is 12.8. The van der Waals surface area contributed by atoms with Crippen molar-refractivity contribution in [2.45, 2.75) is 18.8 Å². The van der Waals surface area contributed by atoms with Gasteiger partial charge in [-0.15, -0.1) is 11.6 Å². The zero-order valence-corrected chi connectivity index (χ0v) is 10.2. The summed E-state index contributed by atoms with van der Waals surface area (Å²) >= 11 is 5.90. The Labute approximate surface area is 106 Å². The number of aromatic nitrogens is 2. The van der Waals surface area contributed by atoms with Crippen LogP contribution in [0.15, 0.2) is 12.1 Å². The Morgan fingerprint density at radius 1 is 1.56 bits per heavy atom. The Morgan fingerprint density at radius 3 is 2.78 bits per heavy atom. The fourth-order valence-corrected chi connectivity index (χ4v) is 1.96. The Kier molecular flexibility index (Phi) is 3.21. The van der Waals surface area contributed by atoms with Crippen LogP contribution in [0.25, 0.3) is 11.0 Å². The molecule has 0 bridgehead atoms. The number of alkyl halides is 1. The molecule has 1 atom stereocenters. The number of benzene rings is 1. The SMILES string of the molecule is CC(Cl)c1nc2ccc(F)c(F)c2n1CC(N)=O. The van der Waals surface area contributed by atoms with Gasteiger partial charge >= 0.3 is 0 Å². The van der Waals surface area contributed by atoms with Crippen LogP contribution in [0.4, 0.5) is 8.78 Å². The van der Waals surface area contributed by atoms with Crippen molar-refractivity contribution in [1.29, 1.82) is 0 Å². The summed E-state index contributed by atoms with van der Waals surface area (Å²) in [4.78, 5) is 15.1. The van der Waals surface area contributed by atoms with Gasteiger partial charge in [-0.05, 0) is 19.1 Å². The van der Waals surface area contributed by atoms with Crippen molar-refractivity contribution in [2.24, 2.45) is 5.73 Å². The molecule has 0 saturated carbocycles. The zero-order valence-electron chi connectivity index (χ0n) is 9.45. The molecule has 1 aromatic carbocycles. The van der Waals surface area contributed by atoms with E-state index in [-0.39, 0.29) is 23.4 Å². The van der Waals surface area contributed by atoms with Gasteiger partial charge < -0.3 is 10.3 Å². The van der Waals surface area contributed by atoms with Gasteiger partial charge in [-0.2, -0.15) is 0 Å². The molecule has 18 heavy (non-hydrogen) atoms. The molecule has 0 aliphatic carbocycles. The average molecular weight is 274 g/mol. The van der Waals surface area contributed by atoms with Gasteiger partial charge in [0.2, 0.25) is 5.91 Å². The van der Waals surface area contributed by atoms with E-state index in [4.69, 9.17) is 17.3 Å². The minimum atomic E-state index is -1.06. The highest BCUT2D eigenvalue weighted by Crippen LogP contribution is 2.27. The van der Waals surface area contributed by atoms with Gasteiger partial charge in [0.25, 0.3) is 0 Å². The topological polar surface area (TPSA) is 60.9 Å². The molecule has 1 heterocycles. The number of hydrogen-bond acceptors (Lipinski definition) is 2. The van der Waals surface area contributed by atoms with Gasteiger partial charge in [0.05, 0.1) is 10.9 Å². The van der Waals surface area contributed by atoms with E-state index >= 15 is 0 Å². The predicted molar refractivity (Wildman–Crippen MR) is 63.1 cm³/mol. The summed E-state index contributed by atoms with van der Waals surface area (Å²) in [5.74, 6) is -2.49. The highest BCUT2D eigenvalue weighted by molar-refractivity contribution is 6.20. The minimum Gasteiger partial charge on any atom is -0.368 e. The zero-order chi connectivity index (χ0) is 13.4. The first-order valence-electron chi connectivity index (χ1n) is 5.18. The third-order valence-corrected chi connectivity index (χ3v) is 2.69. The van der Waals surface area contributed by atoms with E-state index in [1.54, 1.807) is 6.92 Å². The Balaban J connectivity index is 2.78. The van der Waals surface area contributed by atoms with Crippen LogP contribution >= 0.6 is 11.6 Å². The lowest BCUT2D eigenvalue weighted by molar-refractivity contribution is -0.118. The molecule has 2 N–H and O–H groups in total. The molecule has 0 aliphatic rings. The molecule has 2 aromatic rings. The fourth-order valence-electron chi connectivity index (χ4n) is 1.79. The maximum atomic E-state index is 13.8. The second kappa shape index (κ2) is 4.53. The van der Waals surface area contributed by atoms with E-state index in [1.165, 1.54) is 10.6 Å². The number of imidazole rings is 1. The Morgan fingerprint density at radius 2 is 2.22 bits per heavy atom. The van der Waals surface area contributed by atoms with Crippen LogP contribution in [0.2, 0.25) is 0 Å². The van der Waals surface area contributed by atoms with Crippen molar-refractivity contribution in [3.05, 3.63) is 29.6 Å². The summed E-state index contributed by atoms with van der Waals surface area (Å²) in [7, 11) is 0. The standard InChI is InChI=1S/C11H10ClF2N3O/c1-5(12)11-16-7-3-2-6(13)9(14)10(7)17(11)4-8(15)18/h2-3,5H,4H2,1H3,(H2,15,18). The van der Waals surface area contributed by atoms with Crippen LogP contribution in [0.5, 0.6) is 0 Å². The van der Waals surface area contributed by atoms with Gasteiger partial charge in [0.1, 0.15) is 17.9 Å². The van der Waals surface area contributed by atoms with Gasteiger partial charge in [-0.25, -0.2) is 13.8 Å². The lowest BCUT2D eigenvalue weighted by atomic mass is 10.3. The van der Waals surface area contributed by atoms with E-state index in [0.29, 0.717) is 0 Å². The minimum absolute atomic E-state index is 0.101. The number of amides is 1. The van der Waals surface area contributed by atoms with Crippen molar-refractivity contribution in [2.75, 3.05) is 0 Å². The van der Waals surface area contributed by atoms with E-state index in [0.717, 1.165) is 6.07 Å². The molecule has 96 valence electrons. The second-order valence-corrected chi connectivity index (χ2v) is 4.52. The normalized spacial score (nSPS) is 12.9. The number of carbonyl (C=O) groups is 1. The summed E-state index contributed by atoms with van der Waals surface area (Å²) < 4.78 is 28.2. The molecule has 1 aromatic heterocycles. The summed E-state index contributed by atoms with van der Waals surface area (Å²) in [5, 5.41) is -0.556. The third-order valence-electron chi connectivity index (χ3n) is 2.50. The van der Waals surface area contributed by atoms with E-state index in [1.807, 2.05) is 0 Å². The summed E-state index contributed by atoms with van der Waals surface area (Å²) in [6.45, 7) is 1.32. The number of primary amides is 1. The summed E-state index contributed by atoms with van der Waals surface area (Å²) in [5.41, 5.74) is 5.22. The molecule has 0 fully saturated rings. The van der Waals surface area contributed by atoms with Crippen LogP contribution in [0, 0.1) is 11.6 Å². The first-order chi connectivity index (χ1) is 8.41. The van der Waals surface area contributed by atoms with Crippen LogP contribution < -0.4 is 5.73 Å². The lowest BCUT2D eigenvalue weighted by Gasteiger charge is -2.08. The molecular weight excluding hydrogens is 264 g/mol. The van der Waals surface area contributed by atoms with Crippen molar-refractivity contribution >= 4 is 28.5 Å². The number of nitrogens with two attached hydrogens (primary N) is 1. The monoisotopic (exact) mass is 273 g/mol. The maximum absolute atomic E-state index is 13.8. The van der Waals surface area contributed by atoms with Gasteiger partial charge in [0, 0.05) is 0 Å². The highest BCUT2D eigenvalue weighted by Gasteiger charge is 2.20. The molecule has 0 spiro atoms.